The van der Waals surface area contributed by atoms with Crippen LogP contribution in [-0.4, -0.2) is 27.0 Å². The Morgan fingerprint density at radius 1 is 1.07 bits per heavy atom. The summed E-state index contributed by atoms with van der Waals surface area (Å²) in [6.45, 7) is 0. The van der Waals surface area contributed by atoms with Gasteiger partial charge in [-0.05, 0) is 30.4 Å². The molecular formula is C15H8Cl3N3O5S. The number of anilines is 1. The number of nitrogens with one attached hydrogen (secondary N) is 2. The van der Waals surface area contributed by atoms with Crippen LogP contribution in [0.2, 0.25) is 15.1 Å². The summed E-state index contributed by atoms with van der Waals surface area (Å²) >= 11 is 22.6. The van der Waals surface area contributed by atoms with Crippen LogP contribution in [0.4, 0.5) is 11.4 Å². The first-order chi connectivity index (χ1) is 12.6. The lowest BCUT2D eigenvalue weighted by Crippen LogP contribution is -2.34. The summed E-state index contributed by atoms with van der Waals surface area (Å²) in [5, 5.41) is 24.4. The third-order valence-corrected chi connectivity index (χ3v) is 4.19. The van der Waals surface area contributed by atoms with Crippen LogP contribution in [0.25, 0.3) is 0 Å². The van der Waals surface area contributed by atoms with E-state index in [1.54, 1.807) is 0 Å². The smallest absolute Gasteiger partial charge is 0.337 e. The standard InChI is InChI=1S/C15H8Cl3N3O5S/c16-6-3-9(14(23)24)12(11(18)4-6)19-15(27)20-13(22)8-2-1-7(21(25)26)5-10(8)17/h1-5H,(H,23,24)(H2,19,20,22,27). The van der Waals surface area contributed by atoms with Gasteiger partial charge in [0.15, 0.2) is 5.11 Å². The number of carboxylic acid groups (broad SMARTS) is 1. The number of carbonyl (C=O) groups excluding carboxylic acids is 1. The molecule has 0 atom stereocenters. The Bertz CT molecular complexity index is 983. The van der Waals surface area contributed by atoms with E-state index in [0.29, 0.717) is 0 Å². The molecule has 27 heavy (non-hydrogen) atoms. The number of rotatable bonds is 4. The molecule has 0 saturated heterocycles. The predicted molar refractivity (Wildman–Crippen MR) is 105 cm³/mol. The van der Waals surface area contributed by atoms with Crippen molar-refractivity contribution in [1.29, 1.82) is 0 Å². The molecule has 0 aromatic heterocycles. The van der Waals surface area contributed by atoms with E-state index in [4.69, 9.17) is 47.0 Å². The molecule has 0 aliphatic rings. The molecule has 0 unspecified atom stereocenters. The van der Waals surface area contributed by atoms with E-state index in [9.17, 15) is 24.8 Å². The number of hydrogen-bond acceptors (Lipinski definition) is 5. The Morgan fingerprint density at radius 3 is 2.30 bits per heavy atom. The number of nitro groups is 1. The maximum Gasteiger partial charge on any atom is 0.337 e. The van der Waals surface area contributed by atoms with E-state index in [0.717, 1.165) is 24.3 Å². The fourth-order valence-electron chi connectivity index (χ4n) is 1.99. The van der Waals surface area contributed by atoms with Gasteiger partial charge < -0.3 is 10.4 Å². The number of nitro benzene ring substituents is 1. The fourth-order valence-corrected chi connectivity index (χ4v) is 2.98. The van der Waals surface area contributed by atoms with Crippen molar-refractivity contribution in [2.24, 2.45) is 0 Å². The van der Waals surface area contributed by atoms with Crippen molar-refractivity contribution < 1.29 is 19.6 Å². The van der Waals surface area contributed by atoms with Crippen LogP contribution in [-0.2, 0) is 0 Å². The largest absolute Gasteiger partial charge is 0.478 e. The van der Waals surface area contributed by atoms with Gasteiger partial charge in [-0.2, -0.15) is 0 Å². The summed E-state index contributed by atoms with van der Waals surface area (Å²) < 4.78 is 0. The normalized spacial score (nSPS) is 10.2. The lowest BCUT2D eigenvalue weighted by molar-refractivity contribution is -0.384. The van der Waals surface area contributed by atoms with Crippen LogP contribution in [0.15, 0.2) is 30.3 Å². The van der Waals surface area contributed by atoms with Gasteiger partial charge in [-0.25, -0.2) is 4.79 Å². The third-order valence-electron chi connectivity index (χ3n) is 3.16. The first-order valence-corrected chi connectivity index (χ1v) is 8.43. The number of halogens is 3. The molecule has 0 heterocycles. The molecule has 8 nitrogen and oxygen atoms in total. The number of nitrogens with zero attached hydrogens (tertiary/aromatic N) is 1. The SMILES string of the molecule is O=C(NC(=S)Nc1c(Cl)cc(Cl)cc1C(=O)O)c1ccc([N+](=O)[O-])cc1Cl. The van der Waals surface area contributed by atoms with E-state index in [1.165, 1.54) is 6.07 Å². The molecule has 3 N–H and O–H groups in total. The highest BCUT2D eigenvalue weighted by atomic mass is 35.5. The highest BCUT2D eigenvalue weighted by Crippen LogP contribution is 2.30. The molecule has 2 rings (SSSR count). The monoisotopic (exact) mass is 447 g/mol. The second kappa shape index (κ2) is 8.49. The Kier molecular flexibility index (Phi) is 6.55. The zero-order chi connectivity index (χ0) is 20.3. The van der Waals surface area contributed by atoms with Gasteiger partial charge in [0.1, 0.15) is 0 Å². The summed E-state index contributed by atoms with van der Waals surface area (Å²) in [4.78, 5) is 33.6. The average Bonchev–Trinajstić information content (AvgIpc) is 2.56. The van der Waals surface area contributed by atoms with Crippen LogP contribution in [0.3, 0.4) is 0 Å². The van der Waals surface area contributed by atoms with E-state index in [-0.39, 0.29) is 42.7 Å². The van der Waals surface area contributed by atoms with Gasteiger partial charge in [0.05, 0.1) is 31.8 Å². The van der Waals surface area contributed by atoms with Crippen molar-refractivity contribution in [2.75, 3.05) is 5.32 Å². The lowest BCUT2D eigenvalue weighted by atomic mass is 10.1. The molecule has 0 radical (unpaired) electrons. The van der Waals surface area contributed by atoms with Gasteiger partial charge in [0, 0.05) is 17.2 Å². The van der Waals surface area contributed by atoms with E-state index in [2.05, 4.69) is 10.6 Å². The first kappa shape index (κ1) is 20.8. The van der Waals surface area contributed by atoms with Crippen LogP contribution in [0, 0.1) is 10.1 Å². The van der Waals surface area contributed by atoms with Gasteiger partial charge in [-0.15, -0.1) is 0 Å². The van der Waals surface area contributed by atoms with Gasteiger partial charge in [0.25, 0.3) is 11.6 Å². The molecule has 0 spiro atoms. The number of carboxylic acids is 1. The zero-order valence-corrected chi connectivity index (χ0v) is 16.0. The number of amides is 1. The maximum atomic E-state index is 12.2. The minimum Gasteiger partial charge on any atom is -0.478 e. The number of thiocarbonyl (C=S) groups is 1. The van der Waals surface area contributed by atoms with Gasteiger partial charge in [-0.1, -0.05) is 34.8 Å². The molecule has 12 heteroatoms. The van der Waals surface area contributed by atoms with Crippen LogP contribution >= 0.6 is 47.0 Å². The second-order valence-corrected chi connectivity index (χ2v) is 6.60. The highest BCUT2D eigenvalue weighted by molar-refractivity contribution is 7.80. The van der Waals surface area contributed by atoms with Crippen molar-refractivity contribution in [2.45, 2.75) is 0 Å². The quantitative estimate of drug-likeness (QED) is 0.360. The number of hydrogen-bond donors (Lipinski definition) is 3. The average molecular weight is 449 g/mol. The van der Waals surface area contributed by atoms with E-state index in [1.807, 2.05) is 0 Å². The Hall–Kier alpha value is -2.46. The molecule has 2 aromatic rings. The molecule has 0 fully saturated rings. The Balaban J connectivity index is 2.21. The second-order valence-electron chi connectivity index (χ2n) is 4.94. The topological polar surface area (TPSA) is 122 Å². The van der Waals surface area contributed by atoms with Crippen molar-refractivity contribution in [3.8, 4) is 0 Å². The summed E-state index contributed by atoms with van der Waals surface area (Å²) in [6.07, 6.45) is 0. The van der Waals surface area contributed by atoms with Crippen molar-refractivity contribution in [3.63, 3.8) is 0 Å². The maximum absolute atomic E-state index is 12.2. The van der Waals surface area contributed by atoms with Crippen molar-refractivity contribution in [3.05, 3.63) is 66.6 Å². The first-order valence-electron chi connectivity index (χ1n) is 6.88. The number of aromatic carboxylic acids is 1. The highest BCUT2D eigenvalue weighted by Gasteiger charge is 2.19. The van der Waals surface area contributed by atoms with Crippen LogP contribution in [0.5, 0.6) is 0 Å². The minimum atomic E-state index is -1.31. The van der Waals surface area contributed by atoms with E-state index >= 15 is 0 Å². The molecule has 1 amide bonds. The molecule has 0 aliphatic heterocycles. The lowest BCUT2D eigenvalue weighted by Gasteiger charge is -2.14. The van der Waals surface area contributed by atoms with Crippen molar-refractivity contribution in [1.82, 2.24) is 5.32 Å². The summed E-state index contributed by atoms with van der Waals surface area (Å²) in [5.41, 5.74) is -0.658. The van der Waals surface area contributed by atoms with Gasteiger partial charge in [-0.3, -0.25) is 20.2 Å². The molecule has 0 aliphatic carbocycles. The van der Waals surface area contributed by atoms with Gasteiger partial charge >= 0.3 is 5.97 Å². The fraction of sp³-hybridized carbons (Fsp3) is 0. The number of non-ortho nitro benzene ring substituents is 1. The number of carbonyl (C=O) groups is 2. The molecule has 2 aromatic carbocycles. The minimum absolute atomic E-state index is 0.0233. The van der Waals surface area contributed by atoms with Crippen LogP contribution in [0.1, 0.15) is 20.7 Å². The Labute approximate surface area is 172 Å². The summed E-state index contributed by atoms with van der Waals surface area (Å²) in [5.74, 6) is -2.07. The third kappa shape index (κ3) is 5.04. The van der Waals surface area contributed by atoms with Crippen molar-refractivity contribution >= 4 is 75.4 Å². The molecule has 0 saturated carbocycles. The summed E-state index contributed by atoms with van der Waals surface area (Å²) in [6, 6.07) is 5.75. The number of benzene rings is 2. The Morgan fingerprint density at radius 2 is 1.74 bits per heavy atom. The molecule has 0 bridgehead atoms. The summed E-state index contributed by atoms with van der Waals surface area (Å²) in [7, 11) is 0. The van der Waals surface area contributed by atoms with Crippen LogP contribution < -0.4 is 10.6 Å². The van der Waals surface area contributed by atoms with E-state index < -0.39 is 16.8 Å². The predicted octanol–water partition coefficient (Wildman–Crippen LogP) is 4.38. The molecular weight excluding hydrogens is 441 g/mol. The molecule has 140 valence electrons. The zero-order valence-electron chi connectivity index (χ0n) is 13.0. The van der Waals surface area contributed by atoms with Gasteiger partial charge in [0.2, 0.25) is 0 Å².